The fraction of sp³-hybridized carbons (Fsp3) is 0.450. The molecule has 0 aliphatic carbocycles. The van der Waals surface area contributed by atoms with Crippen molar-refractivity contribution in [2.24, 2.45) is 0 Å². The minimum Gasteiger partial charge on any atom is -0.345 e. The molecule has 2 aromatic rings. The Morgan fingerprint density at radius 3 is 2.41 bits per heavy atom. The predicted octanol–water partition coefficient (Wildman–Crippen LogP) is 3.41. The van der Waals surface area contributed by atoms with Gasteiger partial charge in [-0.2, -0.15) is 5.10 Å². The van der Waals surface area contributed by atoms with Gasteiger partial charge in [-0.15, -0.1) is 0 Å². The van der Waals surface area contributed by atoms with E-state index in [0.29, 0.717) is 11.3 Å². The van der Waals surface area contributed by atoms with Gasteiger partial charge in [0.1, 0.15) is 0 Å². The summed E-state index contributed by atoms with van der Waals surface area (Å²) in [5, 5.41) is 10.3. The van der Waals surface area contributed by atoms with Crippen molar-refractivity contribution in [2.45, 2.75) is 47.2 Å². The molecule has 2 rings (SSSR count). The molecule has 1 heterocycles. The number of hydrogen-bond donors (Lipinski definition) is 2. The summed E-state index contributed by atoms with van der Waals surface area (Å²) in [5.74, 6) is -0.0680. The maximum Gasteiger partial charge on any atom is 0.319 e. The Morgan fingerprint density at radius 1 is 1.22 bits per heavy atom. The number of rotatable bonds is 5. The fourth-order valence-electron chi connectivity index (χ4n) is 3.27. The van der Waals surface area contributed by atoms with Crippen molar-refractivity contribution in [3.63, 3.8) is 0 Å². The number of amides is 3. The molecule has 2 N–H and O–H groups in total. The molecule has 1 aromatic heterocycles. The summed E-state index contributed by atoms with van der Waals surface area (Å²) in [6, 6.07) is 4.79. The van der Waals surface area contributed by atoms with Gasteiger partial charge >= 0.3 is 6.03 Å². The number of hydrogen-bond acceptors (Lipinski definition) is 3. The third-order valence-corrected chi connectivity index (χ3v) is 4.65. The Kier molecular flexibility index (Phi) is 6.25. The number of nitrogens with zero attached hydrogens (tertiary/aromatic N) is 3. The summed E-state index contributed by atoms with van der Waals surface area (Å²) in [7, 11) is 3.42. The molecule has 0 saturated heterocycles. The zero-order chi connectivity index (χ0) is 20.3. The van der Waals surface area contributed by atoms with Crippen LogP contribution < -0.4 is 10.6 Å². The van der Waals surface area contributed by atoms with E-state index in [9.17, 15) is 9.59 Å². The van der Waals surface area contributed by atoms with Crippen LogP contribution in [-0.2, 0) is 6.54 Å². The normalized spacial score (nSPS) is 11.8. The quantitative estimate of drug-likeness (QED) is 0.845. The lowest BCUT2D eigenvalue weighted by Crippen LogP contribution is -2.32. The van der Waals surface area contributed by atoms with E-state index < -0.39 is 0 Å². The van der Waals surface area contributed by atoms with Gasteiger partial charge in [0.05, 0.1) is 11.7 Å². The van der Waals surface area contributed by atoms with E-state index in [1.807, 2.05) is 39.3 Å². The SMILES string of the molecule is CCn1nc(C)c([C@H](C)NC(=O)Nc2ccc(C(=O)N(C)C)cc2C)c1C. The van der Waals surface area contributed by atoms with Gasteiger partial charge < -0.3 is 15.5 Å². The minimum absolute atomic E-state index is 0.0680. The monoisotopic (exact) mass is 371 g/mol. The van der Waals surface area contributed by atoms with Gasteiger partial charge in [-0.25, -0.2) is 4.79 Å². The zero-order valence-electron chi connectivity index (χ0n) is 17.2. The van der Waals surface area contributed by atoms with Crippen LogP contribution in [0.2, 0.25) is 0 Å². The molecule has 27 heavy (non-hydrogen) atoms. The third-order valence-electron chi connectivity index (χ3n) is 4.65. The molecule has 0 saturated carbocycles. The average molecular weight is 371 g/mol. The van der Waals surface area contributed by atoms with Crippen molar-refractivity contribution in [1.82, 2.24) is 20.0 Å². The summed E-state index contributed by atoms with van der Waals surface area (Å²) in [6.07, 6.45) is 0. The van der Waals surface area contributed by atoms with Crippen LogP contribution in [0.5, 0.6) is 0 Å². The van der Waals surface area contributed by atoms with Crippen molar-refractivity contribution in [2.75, 3.05) is 19.4 Å². The average Bonchev–Trinajstić information content (AvgIpc) is 2.89. The largest absolute Gasteiger partial charge is 0.345 e. The van der Waals surface area contributed by atoms with E-state index in [2.05, 4.69) is 15.7 Å². The number of urea groups is 1. The molecule has 7 heteroatoms. The molecule has 0 aliphatic rings. The fourth-order valence-corrected chi connectivity index (χ4v) is 3.27. The Labute approximate surface area is 160 Å². The molecule has 1 atom stereocenters. The van der Waals surface area contributed by atoms with Crippen LogP contribution in [-0.4, -0.2) is 40.7 Å². The predicted molar refractivity (Wildman–Crippen MR) is 107 cm³/mol. The Balaban J connectivity index is 2.10. The first kappa shape index (κ1) is 20.5. The lowest BCUT2D eigenvalue weighted by Gasteiger charge is -2.17. The molecular weight excluding hydrogens is 342 g/mol. The van der Waals surface area contributed by atoms with Crippen molar-refractivity contribution < 1.29 is 9.59 Å². The van der Waals surface area contributed by atoms with Gasteiger partial charge in [-0.1, -0.05) is 0 Å². The number of carbonyl (C=O) groups is 2. The summed E-state index contributed by atoms with van der Waals surface area (Å²) >= 11 is 0. The van der Waals surface area contributed by atoms with Crippen LogP contribution in [0.3, 0.4) is 0 Å². The summed E-state index contributed by atoms with van der Waals surface area (Å²) in [4.78, 5) is 26.0. The van der Waals surface area contributed by atoms with Crippen LogP contribution in [0.1, 0.15) is 52.8 Å². The summed E-state index contributed by atoms with van der Waals surface area (Å²) < 4.78 is 1.94. The van der Waals surface area contributed by atoms with E-state index in [4.69, 9.17) is 0 Å². The van der Waals surface area contributed by atoms with E-state index in [-0.39, 0.29) is 18.0 Å². The molecule has 1 aromatic carbocycles. The number of aryl methyl sites for hydroxylation is 3. The number of anilines is 1. The standard InChI is InChI=1S/C20H29N5O2/c1-8-25-15(5)18(14(4)23-25)13(3)21-20(27)22-17-10-9-16(11-12(17)2)19(26)24(6)7/h9-11,13H,8H2,1-7H3,(H2,21,22,27)/t13-/m0/s1. The van der Waals surface area contributed by atoms with Crippen LogP contribution in [0.15, 0.2) is 18.2 Å². The second-order valence-corrected chi connectivity index (χ2v) is 6.95. The highest BCUT2D eigenvalue weighted by molar-refractivity contribution is 5.96. The molecule has 0 radical (unpaired) electrons. The lowest BCUT2D eigenvalue weighted by molar-refractivity contribution is 0.0827. The molecule has 0 spiro atoms. The summed E-state index contributed by atoms with van der Waals surface area (Å²) in [5.41, 5.74) is 5.12. The summed E-state index contributed by atoms with van der Waals surface area (Å²) in [6.45, 7) is 10.6. The number of aromatic nitrogens is 2. The van der Waals surface area contributed by atoms with Crippen molar-refractivity contribution in [3.05, 3.63) is 46.3 Å². The molecule has 0 aliphatic heterocycles. The second kappa shape index (κ2) is 8.24. The van der Waals surface area contributed by atoms with Crippen LogP contribution >= 0.6 is 0 Å². The molecule has 0 unspecified atom stereocenters. The van der Waals surface area contributed by atoms with Gasteiger partial charge in [0, 0.05) is 43.1 Å². The Bertz CT molecular complexity index is 854. The van der Waals surface area contributed by atoms with E-state index >= 15 is 0 Å². The highest BCUT2D eigenvalue weighted by atomic mass is 16.2. The van der Waals surface area contributed by atoms with Gasteiger partial charge in [0.15, 0.2) is 0 Å². The highest BCUT2D eigenvalue weighted by Crippen LogP contribution is 2.22. The van der Waals surface area contributed by atoms with Crippen molar-refractivity contribution in [1.29, 1.82) is 0 Å². The Morgan fingerprint density at radius 2 is 1.89 bits per heavy atom. The first-order valence-electron chi connectivity index (χ1n) is 9.09. The topological polar surface area (TPSA) is 79.3 Å². The first-order chi connectivity index (χ1) is 12.6. The molecule has 0 bridgehead atoms. The smallest absolute Gasteiger partial charge is 0.319 e. The lowest BCUT2D eigenvalue weighted by atomic mass is 10.1. The van der Waals surface area contributed by atoms with Crippen LogP contribution in [0.4, 0.5) is 10.5 Å². The Hall–Kier alpha value is -2.83. The van der Waals surface area contributed by atoms with E-state index in [1.54, 1.807) is 32.3 Å². The van der Waals surface area contributed by atoms with Gasteiger partial charge in [0.25, 0.3) is 5.91 Å². The minimum atomic E-state index is -0.291. The first-order valence-corrected chi connectivity index (χ1v) is 9.09. The number of carbonyl (C=O) groups excluding carboxylic acids is 2. The van der Waals surface area contributed by atoms with Gasteiger partial charge in [-0.05, 0) is 58.4 Å². The van der Waals surface area contributed by atoms with Crippen LogP contribution in [0, 0.1) is 20.8 Å². The number of nitrogens with one attached hydrogen (secondary N) is 2. The van der Waals surface area contributed by atoms with Gasteiger partial charge in [-0.3, -0.25) is 9.48 Å². The molecule has 3 amide bonds. The second-order valence-electron chi connectivity index (χ2n) is 6.95. The molecule has 146 valence electrons. The van der Waals surface area contributed by atoms with E-state index in [1.165, 1.54) is 4.90 Å². The third kappa shape index (κ3) is 4.48. The molecule has 7 nitrogen and oxygen atoms in total. The van der Waals surface area contributed by atoms with Crippen molar-refractivity contribution >= 4 is 17.6 Å². The van der Waals surface area contributed by atoms with Crippen LogP contribution in [0.25, 0.3) is 0 Å². The maximum atomic E-state index is 12.4. The molecule has 0 fully saturated rings. The van der Waals surface area contributed by atoms with Crippen molar-refractivity contribution in [3.8, 4) is 0 Å². The molecular formula is C20H29N5O2. The van der Waals surface area contributed by atoms with E-state index in [0.717, 1.165) is 29.1 Å². The highest BCUT2D eigenvalue weighted by Gasteiger charge is 2.19. The zero-order valence-corrected chi connectivity index (χ0v) is 17.2. The maximum absolute atomic E-state index is 12.4. The number of benzene rings is 1. The van der Waals surface area contributed by atoms with Gasteiger partial charge in [0.2, 0.25) is 0 Å².